The van der Waals surface area contributed by atoms with Crippen molar-refractivity contribution in [2.75, 3.05) is 24.1 Å². The largest absolute Gasteiger partial charge is 0.416 e. The van der Waals surface area contributed by atoms with Gasteiger partial charge in [0.25, 0.3) is 5.91 Å². The highest BCUT2D eigenvalue weighted by molar-refractivity contribution is 6.34. The lowest BCUT2D eigenvalue weighted by Gasteiger charge is -2.32. The van der Waals surface area contributed by atoms with Crippen molar-refractivity contribution < 1.29 is 27.2 Å². The third-order valence-electron chi connectivity index (χ3n) is 6.94. The molecule has 0 spiro atoms. The highest BCUT2D eigenvalue weighted by Crippen LogP contribution is 2.38. The number of pyridine rings is 1. The number of nitrogens with one attached hydrogen (secondary N) is 1. The fraction of sp³-hybridized carbons (Fsp3) is 0.296. The normalized spacial score (nSPS) is 15.8. The van der Waals surface area contributed by atoms with E-state index in [1.54, 1.807) is 22.4 Å². The molecule has 5 rings (SSSR count). The molecule has 0 saturated carbocycles. The van der Waals surface area contributed by atoms with E-state index in [2.05, 4.69) is 15.3 Å². The van der Waals surface area contributed by atoms with Crippen molar-refractivity contribution in [2.24, 2.45) is 0 Å². The number of anilines is 2. The molecule has 1 atom stereocenters. The fourth-order valence-corrected chi connectivity index (χ4v) is 5.22. The Bertz CT molecular complexity index is 1660. The number of rotatable bonds is 5. The molecule has 9 nitrogen and oxygen atoms in total. The molecule has 0 aliphatic carbocycles. The van der Waals surface area contributed by atoms with E-state index < -0.39 is 34.8 Å². The second kappa shape index (κ2) is 11.0. The summed E-state index contributed by atoms with van der Waals surface area (Å²) in [6.07, 6.45) is 1.34. The summed E-state index contributed by atoms with van der Waals surface area (Å²) in [7, 11) is 0. The van der Waals surface area contributed by atoms with E-state index in [4.69, 9.17) is 22.3 Å². The van der Waals surface area contributed by atoms with Crippen LogP contribution in [0, 0.1) is 5.82 Å². The number of carbonyl (C=O) groups is 2. The number of imidazole rings is 1. The second-order valence-corrected chi connectivity index (χ2v) is 9.98. The SMILES string of the molecule is CCC(=O)N1CCCC(c2nc(-c3cc(F)c(C(=O)Nc4cc(C(F)(F)F)ccn4)cc3Cl)c3c(N)nccn23)C1. The number of carbonyl (C=O) groups excluding carboxylic acids is 2. The minimum Gasteiger partial charge on any atom is -0.382 e. The summed E-state index contributed by atoms with van der Waals surface area (Å²) in [4.78, 5) is 39.5. The van der Waals surface area contributed by atoms with Gasteiger partial charge in [0.15, 0.2) is 0 Å². The predicted octanol–water partition coefficient (Wildman–Crippen LogP) is 5.55. The summed E-state index contributed by atoms with van der Waals surface area (Å²) < 4.78 is 56.2. The fourth-order valence-electron chi connectivity index (χ4n) is 4.96. The molecule has 214 valence electrons. The van der Waals surface area contributed by atoms with E-state index in [0.29, 0.717) is 36.9 Å². The quantitative estimate of drug-likeness (QED) is 0.295. The van der Waals surface area contributed by atoms with Crippen LogP contribution in [-0.2, 0) is 11.0 Å². The zero-order chi connectivity index (χ0) is 29.5. The maximum absolute atomic E-state index is 15.3. The molecule has 1 unspecified atom stereocenters. The van der Waals surface area contributed by atoms with E-state index in [9.17, 15) is 22.8 Å². The first kappa shape index (κ1) is 28.3. The van der Waals surface area contributed by atoms with Crippen LogP contribution in [0.2, 0.25) is 5.02 Å². The molecule has 4 aromatic rings. The van der Waals surface area contributed by atoms with Gasteiger partial charge in [0.1, 0.15) is 34.5 Å². The summed E-state index contributed by atoms with van der Waals surface area (Å²) in [5, 5.41) is 2.12. The Balaban J connectivity index is 1.51. The molecule has 41 heavy (non-hydrogen) atoms. The minimum absolute atomic E-state index is 0.0382. The Morgan fingerprint density at radius 2 is 1.98 bits per heavy atom. The number of piperidine rings is 1. The van der Waals surface area contributed by atoms with Crippen LogP contribution >= 0.6 is 11.6 Å². The number of benzene rings is 1. The Hall–Kier alpha value is -4.26. The molecule has 2 amide bonds. The van der Waals surface area contributed by atoms with Crippen molar-refractivity contribution in [1.82, 2.24) is 24.3 Å². The topological polar surface area (TPSA) is 119 Å². The molecule has 1 fully saturated rings. The van der Waals surface area contributed by atoms with Crippen LogP contribution in [0.3, 0.4) is 0 Å². The van der Waals surface area contributed by atoms with Crippen LogP contribution in [0.25, 0.3) is 16.8 Å². The molecule has 1 aromatic carbocycles. The van der Waals surface area contributed by atoms with Crippen molar-refractivity contribution in [3.8, 4) is 11.3 Å². The van der Waals surface area contributed by atoms with E-state index in [1.165, 1.54) is 6.20 Å². The molecule has 0 bridgehead atoms. The molecular formula is C27H24ClF4N7O2. The first-order chi connectivity index (χ1) is 19.5. The highest BCUT2D eigenvalue weighted by atomic mass is 35.5. The lowest BCUT2D eigenvalue weighted by molar-refractivity contribution is -0.137. The van der Waals surface area contributed by atoms with Crippen LogP contribution in [0.1, 0.15) is 53.8 Å². The van der Waals surface area contributed by atoms with Gasteiger partial charge in [0.05, 0.1) is 16.1 Å². The lowest BCUT2D eigenvalue weighted by Crippen LogP contribution is -2.39. The van der Waals surface area contributed by atoms with E-state index in [-0.39, 0.29) is 33.9 Å². The Morgan fingerprint density at radius 3 is 2.71 bits per heavy atom. The van der Waals surface area contributed by atoms with Crippen molar-refractivity contribution in [3.05, 3.63) is 70.6 Å². The number of nitrogens with zero attached hydrogens (tertiary/aromatic N) is 5. The van der Waals surface area contributed by atoms with Gasteiger partial charge in [0.2, 0.25) is 5.91 Å². The maximum atomic E-state index is 15.3. The molecule has 14 heteroatoms. The van der Waals surface area contributed by atoms with Gasteiger partial charge in [0, 0.05) is 49.6 Å². The van der Waals surface area contributed by atoms with Gasteiger partial charge in [-0.1, -0.05) is 18.5 Å². The molecule has 1 aliphatic heterocycles. The number of alkyl halides is 3. The third-order valence-corrected chi connectivity index (χ3v) is 7.25. The highest BCUT2D eigenvalue weighted by Gasteiger charge is 2.32. The number of nitrogen functional groups attached to an aromatic ring is 1. The average Bonchev–Trinajstić information content (AvgIpc) is 3.34. The Morgan fingerprint density at radius 1 is 1.20 bits per heavy atom. The molecular weight excluding hydrogens is 566 g/mol. The minimum atomic E-state index is -4.65. The predicted molar refractivity (Wildman–Crippen MR) is 144 cm³/mol. The molecule has 3 N–H and O–H groups in total. The number of amides is 2. The number of aromatic nitrogens is 4. The number of halogens is 5. The Labute approximate surface area is 236 Å². The summed E-state index contributed by atoms with van der Waals surface area (Å²) in [5.74, 6) is -1.80. The monoisotopic (exact) mass is 589 g/mol. The zero-order valence-electron chi connectivity index (χ0n) is 21.7. The number of likely N-dealkylation sites (tertiary alicyclic amines) is 1. The number of hydrogen-bond acceptors (Lipinski definition) is 6. The number of hydrogen-bond donors (Lipinski definition) is 2. The van der Waals surface area contributed by atoms with Gasteiger partial charge in [-0.2, -0.15) is 13.2 Å². The summed E-state index contributed by atoms with van der Waals surface area (Å²) in [6.45, 7) is 2.91. The number of nitrogens with two attached hydrogens (primary N) is 1. The molecule has 1 aliphatic rings. The van der Waals surface area contributed by atoms with Crippen molar-refractivity contribution in [2.45, 2.75) is 38.3 Å². The molecule has 4 heterocycles. The van der Waals surface area contributed by atoms with Crippen molar-refractivity contribution >= 4 is 40.6 Å². The van der Waals surface area contributed by atoms with E-state index in [0.717, 1.165) is 37.2 Å². The second-order valence-electron chi connectivity index (χ2n) is 9.58. The lowest BCUT2D eigenvalue weighted by atomic mass is 9.97. The van der Waals surface area contributed by atoms with Gasteiger partial charge < -0.3 is 16.0 Å². The third kappa shape index (κ3) is 5.53. The van der Waals surface area contributed by atoms with Gasteiger partial charge in [-0.3, -0.25) is 14.0 Å². The van der Waals surface area contributed by atoms with E-state index >= 15 is 4.39 Å². The summed E-state index contributed by atoms with van der Waals surface area (Å²) >= 11 is 6.52. The molecule has 0 radical (unpaired) electrons. The van der Waals surface area contributed by atoms with Gasteiger partial charge in [-0.05, 0) is 37.1 Å². The van der Waals surface area contributed by atoms with E-state index in [1.807, 2.05) is 0 Å². The molecule has 3 aromatic heterocycles. The smallest absolute Gasteiger partial charge is 0.382 e. The first-order valence-corrected chi connectivity index (χ1v) is 13.1. The van der Waals surface area contributed by atoms with Gasteiger partial charge in [-0.15, -0.1) is 0 Å². The number of fused-ring (bicyclic) bond motifs is 1. The van der Waals surface area contributed by atoms with Gasteiger partial charge in [-0.25, -0.2) is 19.3 Å². The average molecular weight is 590 g/mol. The standard InChI is InChI=1S/C27H24ClF4N7O2/c1-2-21(40)38-8-3-4-14(13-38)25-37-22(23-24(33)35-7-9-39(23)25)16-12-19(29)17(11-18(16)28)26(41)36-20-10-15(5-6-34-20)27(30,31)32/h5-7,9-12,14H,2-4,8,13H2,1H3,(H2,33,35)(H,34,36,41). The first-order valence-electron chi connectivity index (χ1n) is 12.7. The van der Waals surface area contributed by atoms with Crippen LogP contribution in [0.5, 0.6) is 0 Å². The summed E-state index contributed by atoms with van der Waals surface area (Å²) in [5.41, 5.74) is 5.43. The van der Waals surface area contributed by atoms with Crippen LogP contribution in [0.4, 0.5) is 29.2 Å². The molecule has 1 saturated heterocycles. The Kier molecular flexibility index (Phi) is 7.56. The van der Waals surface area contributed by atoms with Crippen LogP contribution in [-0.4, -0.2) is 49.2 Å². The van der Waals surface area contributed by atoms with Crippen molar-refractivity contribution in [1.29, 1.82) is 0 Å². The zero-order valence-corrected chi connectivity index (χ0v) is 22.4. The van der Waals surface area contributed by atoms with Crippen molar-refractivity contribution in [3.63, 3.8) is 0 Å². The van der Waals surface area contributed by atoms with Gasteiger partial charge >= 0.3 is 6.18 Å². The summed E-state index contributed by atoms with van der Waals surface area (Å²) in [6, 6.07) is 3.47. The van der Waals surface area contributed by atoms with Crippen LogP contribution < -0.4 is 11.1 Å². The van der Waals surface area contributed by atoms with Crippen LogP contribution in [0.15, 0.2) is 42.9 Å². The maximum Gasteiger partial charge on any atom is 0.416 e.